The number of nitrogens with zero attached hydrogens (tertiary/aromatic N) is 2. The average molecular weight is 628 g/mol. The van der Waals surface area contributed by atoms with Crippen molar-refractivity contribution in [2.45, 2.75) is 74.1 Å². The maximum Gasteiger partial charge on any atom is 0.475 e. The van der Waals surface area contributed by atoms with E-state index in [1.807, 2.05) is 0 Å². The highest BCUT2D eigenvalue weighted by Gasteiger charge is 2.59. The van der Waals surface area contributed by atoms with Crippen molar-refractivity contribution in [1.82, 2.24) is 14.9 Å². The molecule has 1 aromatic rings. The van der Waals surface area contributed by atoms with Gasteiger partial charge >= 0.3 is 19.5 Å². The van der Waals surface area contributed by atoms with Gasteiger partial charge in [0, 0.05) is 18.3 Å². The lowest BCUT2D eigenvalue weighted by molar-refractivity contribution is -0.289. The van der Waals surface area contributed by atoms with Gasteiger partial charge in [0.15, 0.2) is 6.23 Å². The molecule has 238 valence electrons. The lowest BCUT2D eigenvalue weighted by Crippen LogP contribution is -2.68. The van der Waals surface area contributed by atoms with Crippen LogP contribution in [0.15, 0.2) is 17.1 Å². The van der Waals surface area contributed by atoms with Gasteiger partial charge < -0.3 is 61.2 Å². The van der Waals surface area contributed by atoms with Crippen molar-refractivity contribution < 1.29 is 73.3 Å². The third kappa shape index (κ3) is 7.37. The topological polar surface area (TPSA) is 323 Å². The Labute approximate surface area is 236 Å². The van der Waals surface area contributed by atoms with Crippen LogP contribution in [0, 0.1) is 6.92 Å². The Morgan fingerprint density at radius 1 is 1.31 bits per heavy atom. The number of phosphoric ester groups is 1. The number of nitrogens with two attached hydrogens (primary N) is 1. The minimum atomic E-state index is -5.53. The van der Waals surface area contributed by atoms with Crippen LogP contribution in [-0.4, -0.2) is 136 Å². The number of aliphatic hydroxyl groups is 6. The Morgan fingerprint density at radius 3 is 2.55 bits per heavy atom. The van der Waals surface area contributed by atoms with E-state index < -0.39 is 112 Å². The smallest absolute Gasteiger partial charge is 0.475 e. The number of aromatic nitrogens is 2. The second-order valence-corrected chi connectivity index (χ2v) is 11.0. The van der Waals surface area contributed by atoms with E-state index >= 15 is 0 Å². The quantitative estimate of drug-likeness (QED) is 0.0964. The molecule has 0 spiro atoms. The van der Waals surface area contributed by atoms with Crippen molar-refractivity contribution in [3.05, 3.63) is 28.4 Å². The van der Waals surface area contributed by atoms with Crippen LogP contribution in [0.1, 0.15) is 18.3 Å². The van der Waals surface area contributed by atoms with Gasteiger partial charge in [0.25, 0.3) is 5.79 Å². The molecule has 21 heteroatoms. The summed E-state index contributed by atoms with van der Waals surface area (Å²) in [6.07, 6.45) is -14.6. The second-order valence-electron chi connectivity index (χ2n) is 9.61. The molecule has 2 fully saturated rings. The number of carboxylic acids is 1. The number of hydrogen-bond donors (Lipinski definition) is 10. The van der Waals surface area contributed by atoms with Gasteiger partial charge in [-0.05, 0) is 13.0 Å². The van der Waals surface area contributed by atoms with E-state index in [2.05, 4.69) is 10.3 Å². The van der Waals surface area contributed by atoms with Gasteiger partial charge in [-0.25, -0.2) is 18.7 Å². The number of aliphatic carboxylic acids is 1. The summed E-state index contributed by atoms with van der Waals surface area (Å²) < 4.78 is 33.9. The van der Waals surface area contributed by atoms with E-state index in [1.165, 1.54) is 19.2 Å². The van der Waals surface area contributed by atoms with Gasteiger partial charge in [-0.3, -0.25) is 13.9 Å². The zero-order chi connectivity index (χ0) is 31.6. The first-order chi connectivity index (χ1) is 19.6. The summed E-state index contributed by atoms with van der Waals surface area (Å²) in [4.78, 5) is 50.2. The molecule has 0 aromatic carbocycles. The van der Waals surface area contributed by atoms with Crippen LogP contribution >= 0.6 is 7.82 Å². The van der Waals surface area contributed by atoms with Crippen molar-refractivity contribution in [3.63, 3.8) is 0 Å². The lowest BCUT2D eigenvalue weighted by atomic mass is 9.88. The molecule has 0 aliphatic carbocycles. The van der Waals surface area contributed by atoms with Gasteiger partial charge in [-0.2, -0.15) is 4.98 Å². The maximum absolute atomic E-state index is 12.8. The van der Waals surface area contributed by atoms with Gasteiger partial charge in [0.2, 0.25) is 5.91 Å². The Bertz CT molecular complexity index is 1230. The van der Waals surface area contributed by atoms with Crippen molar-refractivity contribution >= 4 is 19.7 Å². The van der Waals surface area contributed by atoms with E-state index in [-0.39, 0.29) is 0 Å². The maximum atomic E-state index is 12.8. The minimum absolute atomic E-state index is 0.360. The van der Waals surface area contributed by atoms with Crippen LogP contribution in [-0.2, 0) is 32.7 Å². The minimum Gasteiger partial charge on any atom is -0.477 e. The van der Waals surface area contributed by atoms with Crippen molar-refractivity contribution in [2.75, 3.05) is 19.8 Å². The number of phosphoric acid groups is 1. The number of aryl methyl sites for hydroxylation is 1. The molecule has 3 heterocycles. The molecule has 2 saturated heterocycles. The number of hydrogen-bond acceptors (Lipinski definition) is 16. The fourth-order valence-electron chi connectivity index (χ4n) is 4.40. The summed E-state index contributed by atoms with van der Waals surface area (Å²) in [6.45, 7) is -1.14. The van der Waals surface area contributed by atoms with E-state index in [0.29, 0.717) is 5.69 Å². The summed E-state index contributed by atoms with van der Waals surface area (Å²) in [6, 6.07) is -0.212. The number of carboxylic acid groups (broad SMARTS) is 1. The number of aliphatic hydroxyl groups excluding tert-OH is 6. The number of rotatable bonds is 12. The highest BCUT2D eigenvalue weighted by atomic mass is 31.2. The zero-order valence-electron chi connectivity index (χ0n) is 21.9. The first-order valence-corrected chi connectivity index (χ1v) is 13.9. The zero-order valence-corrected chi connectivity index (χ0v) is 22.8. The molecule has 2 aliphatic rings. The SMILES string of the molecule is Cc1ccn([C@@H]2O[C@H](COP(=O)(O)O[C@@]3(C(=O)O)C[C@@H](O)[C@@H](NC(=O)CN)C([C@H](O)[C@H](O)CO)O3)[C@H](O)C2O)c(=O)n1. The fourth-order valence-corrected chi connectivity index (χ4v) is 5.36. The second kappa shape index (κ2) is 13.5. The molecule has 0 radical (unpaired) electrons. The highest BCUT2D eigenvalue weighted by molar-refractivity contribution is 7.47. The summed E-state index contributed by atoms with van der Waals surface area (Å²) in [5.74, 6) is -6.22. The van der Waals surface area contributed by atoms with Gasteiger partial charge in [-0.1, -0.05) is 0 Å². The van der Waals surface area contributed by atoms with Crippen LogP contribution in [0.25, 0.3) is 0 Å². The van der Waals surface area contributed by atoms with Gasteiger partial charge in [-0.15, -0.1) is 0 Å². The Balaban J connectivity index is 1.79. The van der Waals surface area contributed by atoms with Crippen LogP contribution in [0.2, 0.25) is 0 Å². The molecule has 1 amide bonds. The Hall–Kier alpha value is -2.43. The normalized spacial score (nSPS) is 34.4. The van der Waals surface area contributed by atoms with E-state index in [9.17, 15) is 59.6 Å². The van der Waals surface area contributed by atoms with Gasteiger partial charge in [0.1, 0.15) is 36.6 Å². The molecule has 20 nitrogen and oxygen atoms in total. The van der Waals surface area contributed by atoms with Crippen molar-refractivity contribution in [2.24, 2.45) is 5.73 Å². The third-order valence-electron chi connectivity index (χ3n) is 6.57. The predicted molar refractivity (Wildman–Crippen MR) is 132 cm³/mol. The first-order valence-electron chi connectivity index (χ1n) is 12.4. The summed E-state index contributed by atoms with van der Waals surface area (Å²) >= 11 is 0. The molecule has 3 rings (SSSR count). The number of amides is 1. The number of ether oxygens (including phenoxy) is 2. The largest absolute Gasteiger partial charge is 0.477 e. The molecule has 0 saturated carbocycles. The average Bonchev–Trinajstić information content (AvgIpc) is 3.20. The van der Waals surface area contributed by atoms with E-state index in [0.717, 1.165) is 4.57 Å². The van der Waals surface area contributed by atoms with Crippen molar-refractivity contribution in [1.29, 1.82) is 0 Å². The molecule has 0 bridgehead atoms. The summed E-state index contributed by atoms with van der Waals surface area (Å²) in [5.41, 5.74) is 4.76. The number of carbonyl (C=O) groups excluding carboxylic acids is 1. The fraction of sp³-hybridized carbons (Fsp3) is 0.714. The molecule has 11 atom stereocenters. The molecule has 3 unspecified atom stereocenters. The number of carbonyl (C=O) groups is 2. The van der Waals surface area contributed by atoms with Crippen LogP contribution in [0.5, 0.6) is 0 Å². The molecular weight excluding hydrogens is 595 g/mol. The Morgan fingerprint density at radius 2 is 1.98 bits per heavy atom. The Kier molecular flexibility index (Phi) is 10.9. The van der Waals surface area contributed by atoms with Crippen LogP contribution < -0.4 is 16.7 Å². The lowest BCUT2D eigenvalue weighted by Gasteiger charge is -2.46. The monoisotopic (exact) mass is 628 g/mol. The third-order valence-corrected chi connectivity index (χ3v) is 7.58. The number of nitrogens with one attached hydrogen (secondary N) is 1. The molecule has 1 aromatic heterocycles. The molecular formula is C21H33N4O16P. The first kappa shape index (κ1) is 34.1. The summed E-state index contributed by atoms with van der Waals surface area (Å²) in [5, 5.41) is 72.9. The highest BCUT2D eigenvalue weighted by Crippen LogP contribution is 2.51. The van der Waals surface area contributed by atoms with E-state index in [4.69, 9.17) is 24.3 Å². The predicted octanol–water partition coefficient (Wildman–Crippen LogP) is -5.61. The standard InChI is InChI=1S/C21H33N4O16P/c1-8-2-3-25(20(35)23-8)18-16(32)15(31)11(39-18)7-38-42(36,37)41-21(19(33)34)4-9(27)13(24-12(29)5-22)17(40-21)14(30)10(28)6-26/h2-3,9-11,13-18,26-28,30-32H,4-7,22H2,1H3,(H,24,29)(H,33,34)(H,36,37)/t9-,10-,11-,13-,14-,15+,16?,17?,18-,21-/m1/s1. The molecule has 42 heavy (non-hydrogen) atoms. The molecule has 2 aliphatic heterocycles. The van der Waals surface area contributed by atoms with Crippen molar-refractivity contribution in [3.8, 4) is 0 Å². The van der Waals surface area contributed by atoms with E-state index in [1.54, 1.807) is 0 Å². The van der Waals surface area contributed by atoms with Crippen LogP contribution in [0.3, 0.4) is 0 Å². The summed E-state index contributed by atoms with van der Waals surface area (Å²) in [7, 11) is -5.53. The van der Waals surface area contributed by atoms with Crippen LogP contribution in [0.4, 0.5) is 0 Å². The van der Waals surface area contributed by atoms with Gasteiger partial charge in [0.05, 0.1) is 31.9 Å². The molecule has 11 N–H and O–H groups in total.